The molecule has 1 aromatic heterocycles. The Kier molecular flexibility index (Phi) is 2.92. The SMILES string of the molecule is [CH2]COc1ccn(-c2ccc(Cl)cc2)n1. The van der Waals surface area contributed by atoms with E-state index < -0.39 is 0 Å². The summed E-state index contributed by atoms with van der Waals surface area (Å²) in [6, 6.07) is 9.22. The smallest absolute Gasteiger partial charge is 0.233 e. The van der Waals surface area contributed by atoms with E-state index in [0.717, 1.165) is 5.69 Å². The van der Waals surface area contributed by atoms with E-state index in [1.807, 2.05) is 30.5 Å². The molecule has 1 radical (unpaired) electrons. The van der Waals surface area contributed by atoms with E-state index >= 15 is 0 Å². The van der Waals surface area contributed by atoms with Crippen molar-refractivity contribution in [2.24, 2.45) is 0 Å². The first-order valence-corrected chi connectivity index (χ1v) is 4.91. The van der Waals surface area contributed by atoms with Crippen LogP contribution in [0, 0.1) is 6.92 Å². The van der Waals surface area contributed by atoms with Crippen LogP contribution in [-0.4, -0.2) is 16.4 Å². The second-order valence-corrected chi connectivity index (χ2v) is 3.36. The van der Waals surface area contributed by atoms with Crippen molar-refractivity contribution in [1.82, 2.24) is 9.78 Å². The molecule has 0 aliphatic heterocycles. The zero-order valence-electron chi connectivity index (χ0n) is 8.06. The molecule has 0 spiro atoms. The summed E-state index contributed by atoms with van der Waals surface area (Å²) in [6.45, 7) is 3.96. The van der Waals surface area contributed by atoms with Crippen molar-refractivity contribution >= 4 is 11.6 Å². The van der Waals surface area contributed by atoms with Gasteiger partial charge in [-0.1, -0.05) is 11.6 Å². The quantitative estimate of drug-likeness (QED) is 0.797. The molecule has 0 bridgehead atoms. The van der Waals surface area contributed by atoms with Gasteiger partial charge in [0.2, 0.25) is 5.88 Å². The van der Waals surface area contributed by atoms with Gasteiger partial charge in [0.25, 0.3) is 0 Å². The molecule has 0 atom stereocenters. The minimum Gasteiger partial charge on any atom is -0.477 e. The molecule has 2 aromatic rings. The van der Waals surface area contributed by atoms with Crippen LogP contribution in [0.25, 0.3) is 5.69 Å². The monoisotopic (exact) mass is 221 g/mol. The molecule has 0 saturated heterocycles. The van der Waals surface area contributed by atoms with Crippen molar-refractivity contribution in [2.75, 3.05) is 6.61 Å². The standard InChI is InChI=1S/C11H10ClN2O/c1-2-15-11-7-8-14(13-11)10-5-3-9(12)4-6-10/h3-8H,1-2H2. The Morgan fingerprint density at radius 2 is 2.00 bits per heavy atom. The number of nitrogens with zero attached hydrogens (tertiary/aromatic N) is 2. The van der Waals surface area contributed by atoms with E-state index in [1.165, 1.54) is 0 Å². The Hall–Kier alpha value is -1.48. The Labute approximate surface area is 93.2 Å². The Morgan fingerprint density at radius 1 is 1.27 bits per heavy atom. The summed E-state index contributed by atoms with van der Waals surface area (Å²) in [6.07, 6.45) is 1.83. The second kappa shape index (κ2) is 4.36. The fourth-order valence-electron chi connectivity index (χ4n) is 1.23. The lowest BCUT2D eigenvalue weighted by atomic mass is 10.3. The van der Waals surface area contributed by atoms with E-state index in [4.69, 9.17) is 16.3 Å². The third kappa shape index (κ3) is 2.30. The van der Waals surface area contributed by atoms with Gasteiger partial charge in [-0.15, -0.1) is 5.10 Å². The molecule has 15 heavy (non-hydrogen) atoms. The van der Waals surface area contributed by atoms with Crippen LogP contribution >= 0.6 is 11.6 Å². The fraction of sp³-hybridized carbons (Fsp3) is 0.0909. The van der Waals surface area contributed by atoms with Crippen LogP contribution in [0.4, 0.5) is 0 Å². The van der Waals surface area contributed by atoms with E-state index in [0.29, 0.717) is 17.5 Å². The van der Waals surface area contributed by atoms with Crippen LogP contribution in [0.5, 0.6) is 5.88 Å². The summed E-state index contributed by atoms with van der Waals surface area (Å²) in [7, 11) is 0. The lowest BCUT2D eigenvalue weighted by molar-refractivity contribution is 0.344. The van der Waals surface area contributed by atoms with Crippen LogP contribution in [-0.2, 0) is 0 Å². The van der Waals surface area contributed by atoms with Gasteiger partial charge in [0.1, 0.15) is 0 Å². The van der Waals surface area contributed by atoms with Crippen molar-refractivity contribution in [1.29, 1.82) is 0 Å². The predicted octanol–water partition coefficient (Wildman–Crippen LogP) is 2.74. The average Bonchev–Trinajstić information content (AvgIpc) is 2.68. The van der Waals surface area contributed by atoms with Gasteiger partial charge in [-0.3, -0.25) is 0 Å². The van der Waals surface area contributed by atoms with Crippen molar-refractivity contribution < 1.29 is 4.74 Å². The van der Waals surface area contributed by atoms with Crippen molar-refractivity contribution in [3.63, 3.8) is 0 Å². The Bertz CT molecular complexity index is 436. The molecule has 2 rings (SSSR count). The predicted molar refractivity (Wildman–Crippen MR) is 59.4 cm³/mol. The molecule has 3 nitrogen and oxygen atoms in total. The molecular weight excluding hydrogens is 212 g/mol. The summed E-state index contributed by atoms with van der Waals surface area (Å²) in [5, 5.41) is 4.92. The lowest BCUT2D eigenvalue weighted by Crippen LogP contribution is -1.96. The summed E-state index contributed by atoms with van der Waals surface area (Å²) in [4.78, 5) is 0. The topological polar surface area (TPSA) is 27.1 Å². The van der Waals surface area contributed by atoms with Crippen molar-refractivity contribution in [3.05, 3.63) is 48.5 Å². The summed E-state index contributed by atoms with van der Waals surface area (Å²) in [5.41, 5.74) is 0.943. The lowest BCUT2D eigenvalue weighted by Gasteiger charge is -2.00. The molecule has 0 unspecified atom stereocenters. The molecule has 4 heteroatoms. The van der Waals surface area contributed by atoms with Crippen LogP contribution < -0.4 is 4.74 Å². The van der Waals surface area contributed by atoms with Crippen LogP contribution in [0.15, 0.2) is 36.5 Å². The molecule has 0 fully saturated rings. The maximum atomic E-state index is 5.79. The number of hydrogen-bond acceptors (Lipinski definition) is 2. The molecule has 77 valence electrons. The highest BCUT2D eigenvalue weighted by molar-refractivity contribution is 6.30. The van der Waals surface area contributed by atoms with Gasteiger partial charge in [-0.25, -0.2) is 4.68 Å². The number of ether oxygens (including phenoxy) is 1. The van der Waals surface area contributed by atoms with Gasteiger partial charge in [-0.05, 0) is 31.2 Å². The van der Waals surface area contributed by atoms with Gasteiger partial charge >= 0.3 is 0 Å². The molecule has 0 aliphatic rings. The van der Waals surface area contributed by atoms with Gasteiger partial charge < -0.3 is 4.74 Å². The van der Waals surface area contributed by atoms with Crippen LogP contribution in [0.1, 0.15) is 0 Å². The number of halogens is 1. The van der Waals surface area contributed by atoms with Crippen LogP contribution in [0.3, 0.4) is 0 Å². The Balaban J connectivity index is 2.25. The van der Waals surface area contributed by atoms with E-state index in [2.05, 4.69) is 12.0 Å². The molecule has 1 aromatic carbocycles. The third-order valence-corrected chi connectivity index (χ3v) is 2.16. The zero-order valence-corrected chi connectivity index (χ0v) is 8.81. The number of hydrogen-bond donors (Lipinski definition) is 0. The maximum Gasteiger partial charge on any atom is 0.233 e. The fourth-order valence-corrected chi connectivity index (χ4v) is 1.35. The van der Waals surface area contributed by atoms with Gasteiger partial charge in [0, 0.05) is 17.3 Å². The Morgan fingerprint density at radius 3 is 2.67 bits per heavy atom. The number of rotatable bonds is 3. The normalized spacial score (nSPS) is 10.3. The molecule has 0 aliphatic carbocycles. The largest absolute Gasteiger partial charge is 0.477 e. The zero-order chi connectivity index (χ0) is 10.7. The minimum atomic E-state index is 0.373. The molecule has 1 heterocycles. The van der Waals surface area contributed by atoms with Gasteiger partial charge in [0.05, 0.1) is 12.3 Å². The van der Waals surface area contributed by atoms with Gasteiger partial charge in [0.15, 0.2) is 0 Å². The first kappa shape index (κ1) is 10.1. The van der Waals surface area contributed by atoms with Crippen LogP contribution in [0.2, 0.25) is 5.02 Å². The van der Waals surface area contributed by atoms with Gasteiger partial charge in [-0.2, -0.15) is 0 Å². The third-order valence-electron chi connectivity index (χ3n) is 1.91. The van der Waals surface area contributed by atoms with Crippen molar-refractivity contribution in [2.45, 2.75) is 0 Å². The van der Waals surface area contributed by atoms with Crippen molar-refractivity contribution in [3.8, 4) is 11.6 Å². The van der Waals surface area contributed by atoms with E-state index in [9.17, 15) is 0 Å². The second-order valence-electron chi connectivity index (χ2n) is 2.92. The highest BCUT2D eigenvalue weighted by Gasteiger charge is 2.00. The summed E-state index contributed by atoms with van der Waals surface area (Å²) < 4.78 is 6.89. The maximum absolute atomic E-state index is 5.79. The summed E-state index contributed by atoms with van der Waals surface area (Å²) in [5.74, 6) is 0.569. The number of benzene rings is 1. The molecular formula is C11H10ClN2O. The average molecular weight is 222 g/mol. The van der Waals surface area contributed by atoms with E-state index in [1.54, 1.807) is 10.7 Å². The highest BCUT2D eigenvalue weighted by Crippen LogP contribution is 2.14. The number of aromatic nitrogens is 2. The molecule has 0 amide bonds. The van der Waals surface area contributed by atoms with E-state index in [-0.39, 0.29) is 0 Å². The summed E-state index contributed by atoms with van der Waals surface area (Å²) >= 11 is 5.79. The minimum absolute atomic E-state index is 0.373. The molecule has 0 saturated carbocycles. The highest BCUT2D eigenvalue weighted by atomic mass is 35.5. The first-order chi connectivity index (χ1) is 7.29. The molecule has 0 N–H and O–H groups in total. The first-order valence-electron chi connectivity index (χ1n) is 4.53.